The number of nitrogens with one attached hydrogen (secondary N) is 1. The lowest BCUT2D eigenvalue weighted by atomic mass is 9.93. The summed E-state index contributed by atoms with van der Waals surface area (Å²) in [7, 11) is 1.65. The van der Waals surface area contributed by atoms with Gasteiger partial charge in [-0.25, -0.2) is 0 Å². The maximum absolute atomic E-state index is 14.0. The van der Waals surface area contributed by atoms with E-state index in [9.17, 15) is 9.59 Å². The number of aromatic nitrogens is 1. The highest BCUT2D eigenvalue weighted by Gasteiger charge is 2.48. The van der Waals surface area contributed by atoms with E-state index >= 15 is 0 Å². The fourth-order valence-corrected chi connectivity index (χ4v) is 6.37. The summed E-state index contributed by atoms with van der Waals surface area (Å²) in [5.74, 6) is 0.683. The number of ether oxygens (including phenoxy) is 1. The Labute approximate surface area is 215 Å². The van der Waals surface area contributed by atoms with Crippen LogP contribution in [0.1, 0.15) is 81.6 Å². The maximum atomic E-state index is 14.0. The van der Waals surface area contributed by atoms with Crippen molar-refractivity contribution in [1.82, 2.24) is 19.7 Å². The predicted octanol–water partition coefficient (Wildman–Crippen LogP) is 4.58. The number of carbonyl (C=O) groups is 2. The number of amides is 2. The fraction of sp³-hybridized carbons (Fsp3) is 0.655. The minimum atomic E-state index is -0.947. The Balaban J connectivity index is 1.46. The van der Waals surface area contributed by atoms with Gasteiger partial charge in [-0.15, -0.1) is 0 Å². The van der Waals surface area contributed by atoms with Gasteiger partial charge < -0.3 is 24.4 Å². The van der Waals surface area contributed by atoms with Gasteiger partial charge in [-0.1, -0.05) is 38.5 Å². The van der Waals surface area contributed by atoms with Crippen LogP contribution in [0.5, 0.6) is 5.75 Å². The van der Waals surface area contributed by atoms with Crippen molar-refractivity contribution in [2.24, 2.45) is 0 Å². The molecule has 2 fully saturated rings. The van der Waals surface area contributed by atoms with E-state index in [4.69, 9.17) is 4.74 Å². The lowest BCUT2D eigenvalue weighted by molar-refractivity contribution is -0.133. The first-order valence-electron chi connectivity index (χ1n) is 14.0. The van der Waals surface area contributed by atoms with Crippen LogP contribution in [-0.4, -0.2) is 71.1 Å². The quantitative estimate of drug-likeness (QED) is 0.597. The Morgan fingerprint density at radius 2 is 1.69 bits per heavy atom. The first kappa shape index (κ1) is 25.1. The van der Waals surface area contributed by atoms with Crippen molar-refractivity contribution in [2.45, 2.75) is 89.3 Å². The number of benzene rings is 1. The van der Waals surface area contributed by atoms with Crippen molar-refractivity contribution >= 4 is 22.7 Å². The monoisotopic (exact) mass is 494 g/mol. The number of carbonyl (C=O) groups excluding carboxylic acids is 2. The van der Waals surface area contributed by atoms with E-state index in [0.717, 1.165) is 62.0 Å². The molecule has 2 aromatic rings. The van der Waals surface area contributed by atoms with Gasteiger partial charge in [0.1, 0.15) is 17.0 Å². The highest BCUT2D eigenvalue weighted by molar-refractivity contribution is 6.03. The van der Waals surface area contributed by atoms with E-state index in [1.807, 2.05) is 40.7 Å². The molecule has 7 heteroatoms. The zero-order valence-electron chi connectivity index (χ0n) is 22.1. The zero-order valence-corrected chi connectivity index (χ0v) is 22.1. The van der Waals surface area contributed by atoms with Crippen molar-refractivity contribution in [3.63, 3.8) is 0 Å². The van der Waals surface area contributed by atoms with Gasteiger partial charge in [-0.05, 0) is 63.9 Å². The largest absolute Gasteiger partial charge is 0.497 e. The number of rotatable bonds is 6. The standard InChI is InChI=1S/C29H42N4O3/c1-29(28(35)30-23-11-7-3-4-8-12-23)21-32-25-20-24(36-2)14-13-22(25)19-26(32)27(34)33(29)18-17-31-15-9-5-6-10-16-31/h13-14,19-20,23H,3-12,15-18,21H2,1-2H3,(H,30,35). The third kappa shape index (κ3) is 4.99. The second-order valence-corrected chi connectivity index (χ2v) is 11.2. The molecule has 1 saturated carbocycles. The minimum absolute atomic E-state index is 0.0194. The van der Waals surface area contributed by atoms with Crippen molar-refractivity contribution < 1.29 is 14.3 Å². The summed E-state index contributed by atoms with van der Waals surface area (Å²) in [6, 6.07) is 8.06. The summed E-state index contributed by atoms with van der Waals surface area (Å²) >= 11 is 0. The number of hydrogen-bond donors (Lipinski definition) is 1. The molecule has 196 valence electrons. The van der Waals surface area contributed by atoms with E-state index in [2.05, 4.69) is 10.2 Å². The van der Waals surface area contributed by atoms with Gasteiger partial charge in [0.25, 0.3) is 5.91 Å². The van der Waals surface area contributed by atoms with Gasteiger partial charge >= 0.3 is 0 Å². The van der Waals surface area contributed by atoms with Crippen LogP contribution in [0.2, 0.25) is 0 Å². The molecule has 1 aliphatic carbocycles. The molecule has 0 bridgehead atoms. The summed E-state index contributed by atoms with van der Waals surface area (Å²) in [5.41, 5.74) is 0.657. The van der Waals surface area contributed by atoms with Crippen molar-refractivity contribution in [3.05, 3.63) is 30.0 Å². The molecule has 0 spiro atoms. The van der Waals surface area contributed by atoms with E-state index in [1.165, 1.54) is 38.5 Å². The predicted molar refractivity (Wildman–Crippen MR) is 142 cm³/mol. The number of nitrogens with zero attached hydrogens (tertiary/aromatic N) is 3. The first-order chi connectivity index (χ1) is 17.5. The molecule has 5 rings (SSSR count). The number of likely N-dealkylation sites (tertiary alicyclic amines) is 1. The Hall–Kier alpha value is -2.54. The van der Waals surface area contributed by atoms with E-state index in [1.54, 1.807) is 7.11 Å². The third-order valence-corrected chi connectivity index (χ3v) is 8.66. The summed E-state index contributed by atoms with van der Waals surface area (Å²) in [6.07, 6.45) is 11.8. The molecule has 2 aliphatic heterocycles. The zero-order chi connectivity index (χ0) is 25.1. The molecule has 3 aliphatic rings. The molecule has 1 unspecified atom stereocenters. The molecular weight excluding hydrogens is 452 g/mol. The minimum Gasteiger partial charge on any atom is -0.497 e. The lowest BCUT2D eigenvalue weighted by Crippen LogP contribution is -2.65. The van der Waals surface area contributed by atoms with Crippen LogP contribution < -0.4 is 10.1 Å². The maximum Gasteiger partial charge on any atom is 0.271 e. The van der Waals surface area contributed by atoms with Crippen LogP contribution in [0.25, 0.3) is 10.9 Å². The van der Waals surface area contributed by atoms with Crippen LogP contribution in [0.3, 0.4) is 0 Å². The molecule has 1 N–H and O–H groups in total. The van der Waals surface area contributed by atoms with Crippen LogP contribution >= 0.6 is 0 Å². The molecule has 7 nitrogen and oxygen atoms in total. The van der Waals surface area contributed by atoms with Crippen LogP contribution in [0, 0.1) is 0 Å². The second-order valence-electron chi connectivity index (χ2n) is 11.2. The van der Waals surface area contributed by atoms with Crippen LogP contribution in [-0.2, 0) is 11.3 Å². The third-order valence-electron chi connectivity index (χ3n) is 8.66. The Morgan fingerprint density at radius 1 is 1.00 bits per heavy atom. The van der Waals surface area contributed by atoms with Crippen molar-refractivity contribution in [3.8, 4) is 5.75 Å². The molecule has 1 aromatic heterocycles. The normalized spacial score (nSPS) is 24.3. The lowest BCUT2D eigenvalue weighted by Gasteiger charge is -2.45. The van der Waals surface area contributed by atoms with Crippen LogP contribution in [0.4, 0.5) is 0 Å². The molecule has 0 radical (unpaired) electrons. The van der Waals surface area contributed by atoms with Gasteiger partial charge in [-0.2, -0.15) is 0 Å². The van der Waals surface area contributed by atoms with Gasteiger partial charge in [0.15, 0.2) is 0 Å². The molecule has 2 amide bonds. The Bertz CT molecular complexity index is 1080. The molecule has 36 heavy (non-hydrogen) atoms. The van der Waals surface area contributed by atoms with Gasteiger partial charge in [0.05, 0.1) is 19.2 Å². The summed E-state index contributed by atoms with van der Waals surface area (Å²) < 4.78 is 7.50. The Morgan fingerprint density at radius 3 is 2.39 bits per heavy atom. The summed E-state index contributed by atoms with van der Waals surface area (Å²) in [6.45, 7) is 5.95. The highest BCUT2D eigenvalue weighted by atomic mass is 16.5. The van der Waals surface area contributed by atoms with Gasteiger partial charge in [0, 0.05) is 30.6 Å². The average molecular weight is 495 g/mol. The number of hydrogen-bond acceptors (Lipinski definition) is 4. The Kier molecular flexibility index (Phi) is 7.56. The molecule has 1 atom stereocenters. The van der Waals surface area contributed by atoms with E-state index in [-0.39, 0.29) is 17.9 Å². The smallest absolute Gasteiger partial charge is 0.271 e. The summed E-state index contributed by atoms with van der Waals surface area (Å²) in [5, 5.41) is 4.38. The molecule has 1 aromatic carbocycles. The van der Waals surface area contributed by atoms with Crippen molar-refractivity contribution in [1.29, 1.82) is 0 Å². The molecular formula is C29H42N4O3. The second kappa shape index (κ2) is 10.8. The fourth-order valence-electron chi connectivity index (χ4n) is 6.37. The first-order valence-corrected chi connectivity index (χ1v) is 14.0. The highest BCUT2D eigenvalue weighted by Crippen LogP contribution is 2.34. The topological polar surface area (TPSA) is 66.8 Å². The van der Waals surface area contributed by atoms with E-state index < -0.39 is 5.54 Å². The average Bonchev–Trinajstić information content (AvgIpc) is 3.08. The van der Waals surface area contributed by atoms with Crippen molar-refractivity contribution in [2.75, 3.05) is 33.3 Å². The van der Waals surface area contributed by atoms with Gasteiger partial charge in [-0.3, -0.25) is 9.59 Å². The number of methoxy groups -OCH3 is 1. The number of fused-ring (bicyclic) bond motifs is 3. The van der Waals surface area contributed by atoms with Crippen LogP contribution in [0.15, 0.2) is 24.3 Å². The van der Waals surface area contributed by atoms with Gasteiger partial charge in [0.2, 0.25) is 5.91 Å². The molecule has 1 saturated heterocycles. The van der Waals surface area contributed by atoms with E-state index in [0.29, 0.717) is 18.8 Å². The SMILES string of the molecule is COc1ccc2cc3n(c2c1)CC(C)(C(=O)NC1CCCCCC1)N(CCN1CCCCCC1)C3=O. The summed E-state index contributed by atoms with van der Waals surface area (Å²) in [4.78, 5) is 32.4. The molecule has 3 heterocycles.